The van der Waals surface area contributed by atoms with E-state index in [4.69, 9.17) is 0 Å². The standard InChI is InChI=1S/C35H34FN5O5/c1-23-5-2-6-25(19-23)33(44)39-30-20-26(34(45)38-29(21-32(42)43)24-8-11-28(36)12-9-24)10-13-31(30)40-15-4-16-41(18-17-40)35(46)27-7-3-14-37-22-27/h2-3,5-14,19-20,22,29H,4,15-18,21H2,1H3,(H,38,45)(H,39,44)(H,42,43). The maximum Gasteiger partial charge on any atom is 0.305 e. The van der Waals surface area contributed by atoms with Crippen LogP contribution < -0.4 is 15.5 Å². The van der Waals surface area contributed by atoms with Crippen LogP contribution in [-0.2, 0) is 4.79 Å². The number of carbonyl (C=O) groups is 4. The lowest BCUT2D eigenvalue weighted by Gasteiger charge is -2.27. The molecule has 0 spiro atoms. The first-order chi connectivity index (χ1) is 22.2. The maximum atomic E-state index is 13.5. The zero-order chi connectivity index (χ0) is 32.6. The van der Waals surface area contributed by atoms with Crippen molar-refractivity contribution in [3.8, 4) is 0 Å². The highest BCUT2D eigenvalue weighted by molar-refractivity contribution is 6.07. The van der Waals surface area contributed by atoms with Crippen LogP contribution >= 0.6 is 0 Å². The molecule has 0 aliphatic carbocycles. The summed E-state index contributed by atoms with van der Waals surface area (Å²) in [4.78, 5) is 59.4. The maximum absolute atomic E-state index is 13.5. The minimum absolute atomic E-state index is 0.105. The normalized spacial score (nSPS) is 13.8. The molecule has 1 unspecified atom stereocenters. The van der Waals surface area contributed by atoms with Crippen LogP contribution in [0.5, 0.6) is 0 Å². The first kappa shape index (κ1) is 31.8. The van der Waals surface area contributed by atoms with Crippen molar-refractivity contribution in [2.24, 2.45) is 0 Å². The number of carbonyl (C=O) groups excluding carboxylic acids is 3. The van der Waals surface area contributed by atoms with E-state index in [0.29, 0.717) is 60.7 Å². The number of anilines is 2. The molecule has 1 aliphatic rings. The number of halogens is 1. The summed E-state index contributed by atoms with van der Waals surface area (Å²) in [5.74, 6) is -2.63. The highest BCUT2D eigenvalue weighted by Gasteiger charge is 2.24. The molecule has 0 bridgehead atoms. The first-order valence-electron chi connectivity index (χ1n) is 14.9. The number of benzene rings is 3. The van der Waals surface area contributed by atoms with Gasteiger partial charge in [-0.3, -0.25) is 24.2 Å². The number of carboxylic acid groups (broad SMARTS) is 1. The van der Waals surface area contributed by atoms with E-state index in [1.807, 2.05) is 13.0 Å². The Bertz CT molecular complexity index is 1730. The Morgan fingerprint density at radius 3 is 2.35 bits per heavy atom. The summed E-state index contributed by atoms with van der Waals surface area (Å²) in [7, 11) is 0. The second-order valence-electron chi connectivity index (χ2n) is 11.1. The summed E-state index contributed by atoms with van der Waals surface area (Å²) >= 11 is 0. The van der Waals surface area contributed by atoms with E-state index in [1.165, 1.54) is 24.3 Å². The Labute approximate surface area is 265 Å². The van der Waals surface area contributed by atoms with Crippen molar-refractivity contribution in [3.63, 3.8) is 0 Å². The molecule has 10 nitrogen and oxygen atoms in total. The van der Waals surface area contributed by atoms with E-state index < -0.39 is 30.2 Å². The lowest BCUT2D eigenvalue weighted by Crippen LogP contribution is -2.35. The SMILES string of the molecule is Cc1cccc(C(=O)Nc2cc(C(=O)NC(CC(=O)O)c3ccc(F)cc3)ccc2N2CCCN(C(=O)c3cccnc3)CC2)c1. The molecule has 1 aliphatic heterocycles. The predicted molar refractivity (Wildman–Crippen MR) is 171 cm³/mol. The Kier molecular flexibility index (Phi) is 10.0. The van der Waals surface area contributed by atoms with Gasteiger partial charge in [0.25, 0.3) is 17.7 Å². The number of nitrogens with zero attached hydrogens (tertiary/aromatic N) is 3. The molecular weight excluding hydrogens is 589 g/mol. The highest BCUT2D eigenvalue weighted by Crippen LogP contribution is 2.30. The zero-order valence-corrected chi connectivity index (χ0v) is 25.3. The number of carboxylic acids is 1. The molecule has 4 aromatic rings. The smallest absolute Gasteiger partial charge is 0.305 e. The third-order valence-corrected chi connectivity index (χ3v) is 7.78. The lowest BCUT2D eigenvalue weighted by molar-refractivity contribution is -0.137. The number of pyridine rings is 1. The van der Waals surface area contributed by atoms with Crippen LogP contribution in [0.3, 0.4) is 0 Å². The quantitative estimate of drug-likeness (QED) is 0.237. The van der Waals surface area contributed by atoms with Crippen molar-refractivity contribution in [2.45, 2.75) is 25.8 Å². The fraction of sp³-hybridized carbons (Fsp3) is 0.229. The third kappa shape index (κ3) is 7.92. The second kappa shape index (κ2) is 14.5. The van der Waals surface area contributed by atoms with Gasteiger partial charge in [0.1, 0.15) is 5.82 Å². The van der Waals surface area contributed by atoms with Crippen molar-refractivity contribution in [3.05, 3.63) is 125 Å². The van der Waals surface area contributed by atoms with E-state index >= 15 is 0 Å². The van der Waals surface area contributed by atoms with Crippen molar-refractivity contribution < 1.29 is 28.7 Å². The van der Waals surface area contributed by atoms with Crippen LogP contribution in [0.2, 0.25) is 0 Å². The van der Waals surface area contributed by atoms with E-state index in [9.17, 15) is 28.7 Å². The van der Waals surface area contributed by atoms with Crippen molar-refractivity contribution in [1.82, 2.24) is 15.2 Å². The number of hydrogen-bond donors (Lipinski definition) is 3. The van der Waals surface area contributed by atoms with Gasteiger partial charge in [-0.1, -0.05) is 29.8 Å². The summed E-state index contributed by atoms with van der Waals surface area (Å²) in [6.45, 7) is 3.95. The highest BCUT2D eigenvalue weighted by atomic mass is 19.1. The Balaban J connectivity index is 1.41. The number of aromatic nitrogens is 1. The zero-order valence-electron chi connectivity index (χ0n) is 25.3. The second-order valence-corrected chi connectivity index (χ2v) is 11.1. The Morgan fingerprint density at radius 1 is 0.870 bits per heavy atom. The van der Waals surface area contributed by atoms with E-state index in [1.54, 1.807) is 65.8 Å². The fourth-order valence-electron chi connectivity index (χ4n) is 5.43. The molecule has 3 amide bonds. The summed E-state index contributed by atoms with van der Waals surface area (Å²) in [5.41, 5.74) is 3.58. The molecular formula is C35H34FN5O5. The van der Waals surface area contributed by atoms with Gasteiger partial charge in [-0.2, -0.15) is 0 Å². The van der Waals surface area contributed by atoms with Gasteiger partial charge in [-0.15, -0.1) is 0 Å². The Morgan fingerprint density at radius 2 is 1.63 bits per heavy atom. The van der Waals surface area contributed by atoms with Crippen molar-refractivity contribution >= 4 is 35.1 Å². The average molecular weight is 624 g/mol. The largest absolute Gasteiger partial charge is 0.481 e. The van der Waals surface area contributed by atoms with Crippen LogP contribution in [0.1, 0.15) is 61.1 Å². The Hall–Kier alpha value is -5.58. The first-order valence-corrected chi connectivity index (χ1v) is 14.9. The monoisotopic (exact) mass is 623 g/mol. The molecule has 2 heterocycles. The van der Waals surface area contributed by atoms with E-state index in [0.717, 1.165) is 5.56 Å². The number of nitrogens with one attached hydrogen (secondary N) is 2. The number of rotatable bonds is 9. The summed E-state index contributed by atoms with van der Waals surface area (Å²) in [6, 6.07) is 19.9. The van der Waals surface area contributed by atoms with Gasteiger partial charge < -0.3 is 25.5 Å². The third-order valence-electron chi connectivity index (χ3n) is 7.78. The van der Waals surface area contributed by atoms with Gasteiger partial charge in [0, 0.05) is 49.7 Å². The molecule has 0 radical (unpaired) electrons. The number of aryl methyl sites for hydroxylation is 1. The van der Waals surface area contributed by atoms with Gasteiger partial charge in [0.2, 0.25) is 0 Å². The average Bonchev–Trinajstić information content (AvgIpc) is 3.31. The van der Waals surface area contributed by atoms with Crippen LogP contribution in [-0.4, -0.2) is 64.9 Å². The van der Waals surface area contributed by atoms with Crippen molar-refractivity contribution in [1.29, 1.82) is 0 Å². The fourth-order valence-corrected chi connectivity index (χ4v) is 5.43. The molecule has 1 saturated heterocycles. The minimum Gasteiger partial charge on any atom is -0.481 e. The number of amides is 3. The van der Waals surface area contributed by atoms with Gasteiger partial charge in [0.05, 0.1) is 29.4 Å². The minimum atomic E-state index is -1.13. The van der Waals surface area contributed by atoms with Gasteiger partial charge >= 0.3 is 5.97 Å². The van der Waals surface area contributed by atoms with Crippen LogP contribution in [0.25, 0.3) is 0 Å². The summed E-state index contributed by atoms with van der Waals surface area (Å²) < 4.78 is 13.5. The number of hydrogen-bond acceptors (Lipinski definition) is 6. The van der Waals surface area contributed by atoms with Crippen molar-refractivity contribution in [2.75, 3.05) is 36.4 Å². The molecule has 11 heteroatoms. The summed E-state index contributed by atoms with van der Waals surface area (Å²) in [6.07, 6.45) is 3.43. The molecule has 1 aromatic heterocycles. The van der Waals surface area contributed by atoms with Crippen LogP contribution in [0.4, 0.5) is 15.8 Å². The van der Waals surface area contributed by atoms with Crippen LogP contribution in [0.15, 0.2) is 91.3 Å². The van der Waals surface area contributed by atoms with E-state index in [-0.39, 0.29) is 17.4 Å². The molecule has 46 heavy (non-hydrogen) atoms. The molecule has 3 N–H and O–H groups in total. The topological polar surface area (TPSA) is 132 Å². The molecule has 1 atom stereocenters. The molecule has 3 aromatic carbocycles. The van der Waals surface area contributed by atoms with Gasteiger partial charge in [0.15, 0.2) is 0 Å². The molecule has 236 valence electrons. The van der Waals surface area contributed by atoms with E-state index in [2.05, 4.69) is 20.5 Å². The van der Waals surface area contributed by atoms with Crippen LogP contribution in [0, 0.1) is 12.7 Å². The molecule has 0 saturated carbocycles. The predicted octanol–water partition coefficient (Wildman–Crippen LogP) is 5.08. The molecule has 1 fully saturated rings. The lowest BCUT2D eigenvalue weighted by atomic mass is 10.0. The summed E-state index contributed by atoms with van der Waals surface area (Å²) in [5, 5.41) is 15.2. The number of aliphatic carboxylic acids is 1. The van der Waals surface area contributed by atoms with Gasteiger partial charge in [-0.25, -0.2) is 4.39 Å². The van der Waals surface area contributed by atoms with Gasteiger partial charge in [-0.05, 0) is 73.5 Å². The molecule has 5 rings (SSSR count).